The van der Waals surface area contributed by atoms with E-state index < -0.39 is 0 Å². The molecule has 0 saturated carbocycles. The van der Waals surface area contributed by atoms with Crippen molar-refractivity contribution in [3.05, 3.63) is 84.2 Å². The van der Waals surface area contributed by atoms with Crippen LogP contribution in [0.3, 0.4) is 0 Å². The SMILES string of the molecule is CCOc1ccccc1NC(=O)N1CCn2cccc2C1c1ccccc1. The molecule has 0 radical (unpaired) electrons. The van der Waals surface area contributed by atoms with Gasteiger partial charge in [-0.15, -0.1) is 0 Å². The number of carbonyl (C=O) groups excluding carboxylic acids is 1. The van der Waals surface area contributed by atoms with E-state index in [1.54, 1.807) is 0 Å². The first-order valence-corrected chi connectivity index (χ1v) is 9.27. The molecule has 0 saturated heterocycles. The Morgan fingerprint density at radius 3 is 2.63 bits per heavy atom. The van der Waals surface area contributed by atoms with E-state index in [2.05, 4.69) is 34.3 Å². The summed E-state index contributed by atoms with van der Waals surface area (Å²) in [6.45, 7) is 3.91. The predicted octanol–water partition coefficient (Wildman–Crippen LogP) is 4.52. The summed E-state index contributed by atoms with van der Waals surface area (Å²) in [5, 5.41) is 3.04. The van der Waals surface area contributed by atoms with Crippen LogP contribution in [0.5, 0.6) is 5.75 Å². The van der Waals surface area contributed by atoms with Gasteiger partial charge in [0.05, 0.1) is 18.3 Å². The molecule has 2 amide bonds. The molecule has 5 heteroatoms. The number of fused-ring (bicyclic) bond motifs is 1. The van der Waals surface area contributed by atoms with Crippen molar-refractivity contribution in [2.24, 2.45) is 0 Å². The van der Waals surface area contributed by atoms with Gasteiger partial charge in [0.15, 0.2) is 0 Å². The lowest BCUT2D eigenvalue weighted by atomic mass is 10.0. The molecular formula is C22H23N3O2. The highest BCUT2D eigenvalue weighted by Gasteiger charge is 2.32. The molecule has 1 aromatic heterocycles. The molecule has 0 fully saturated rings. The standard InChI is InChI=1S/C22H23N3O2/c1-2-27-20-13-7-6-11-18(20)23-22(26)25-16-15-24-14-8-12-19(24)21(25)17-9-4-3-5-10-17/h3-14,21H,2,15-16H2,1H3,(H,23,26). The van der Waals surface area contributed by atoms with Gasteiger partial charge in [-0.25, -0.2) is 4.79 Å². The van der Waals surface area contributed by atoms with E-state index in [0.717, 1.165) is 17.8 Å². The Kier molecular flexibility index (Phi) is 4.83. The first kappa shape index (κ1) is 17.2. The number of aromatic nitrogens is 1. The highest BCUT2D eigenvalue weighted by molar-refractivity contribution is 5.91. The quantitative estimate of drug-likeness (QED) is 0.742. The van der Waals surface area contributed by atoms with Crippen molar-refractivity contribution < 1.29 is 9.53 Å². The minimum absolute atomic E-state index is 0.116. The van der Waals surface area contributed by atoms with Crippen molar-refractivity contribution in [1.82, 2.24) is 9.47 Å². The predicted molar refractivity (Wildman–Crippen MR) is 106 cm³/mol. The van der Waals surface area contributed by atoms with Crippen molar-refractivity contribution in [2.45, 2.75) is 19.5 Å². The Hall–Kier alpha value is -3.21. The molecule has 1 unspecified atom stereocenters. The number of hydrogen-bond donors (Lipinski definition) is 1. The highest BCUT2D eigenvalue weighted by atomic mass is 16.5. The van der Waals surface area contributed by atoms with E-state index in [0.29, 0.717) is 24.6 Å². The maximum Gasteiger partial charge on any atom is 0.322 e. The van der Waals surface area contributed by atoms with E-state index in [9.17, 15) is 4.79 Å². The lowest BCUT2D eigenvalue weighted by molar-refractivity contribution is 0.181. The van der Waals surface area contributed by atoms with Crippen molar-refractivity contribution in [2.75, 3.05) is 18.5 Å². The molecule has 5 nitrogen and oxygen atoms in total. The lowest BCUT2D eigenvalue weighted by Crippen LogP contribution is -2.44. The summed E-state index contributed by atoms with van der Waals surface area (Å²) in [5.74, 6) is 0.685. The third kappa shape index (κ3) is 3.40. The summed E-state index contributed by atoms with van der Waals surface area (Å²) in [6, 6.07) is 21.6. The summed E-state index contributed by atoms with van der Waals surface area (Å²) in [4.78, 5) is 15.1. The van der Waals surface area contributed by atoms with Crippen LogP contribution in [0.15, 0.2) is 72.9 Å². The number of hydrogen-bond acceptors (Lipinski definition) is 2. The number of nitrogens with zero attached hydrogens (tertiary/aromatic N) is 2. The van der Waals surface area contributed by atoms with Crippen LogP contribution < -0.4 is 10.1 Å². The maximum absolute atomic E-state index is 13.2. The second kappa shape index (κ2) is 7.58. The van der Waals surface area contributed by atoms with Crippen molar-refractivity contribution in [3.8, 4) is 5.75 Å². The largest absolute Gasteiger partial charge is 0.492 e. The number of nitrogens with one attached hydrogen (secondary N) is 1. The average Bonchev–Trinajstić information content (AvgIpc) is 3.18. The fraction of sp³-hybridized carbons (Fsp3) is 0.227. The Morgan fingerprint density at radius 1 is 1.04 bits per heavy atom. The average molecular weight is 361 g/mol. The zero-order valence-corrected chi connectivity index (χ0v) is 15.3. The maximum atomic E-state index is 13.2. The van der Waals surface area contributed by atoms with Crippen LogP contribution in [0.4, 0.5) is 10.5 Å². The number of rotatable bonds is 4. The molecule has 0 bridgehead atoms. The van der Waals surface area contributed by atoms with Gasteiger partial charge in [0.2, 0.25) is 0 Å². The van der Waals surface area contributed by atoms with E-state index in [1.807, 2.05) is 60.4 Å². The van der Waals surface area contributed by atoms with E-state index in [4.69, 9.17) is 4.74 Å². The van der Waals surface area contributed by atoms with Crippen molar-refractivity contribution in [1.29, 1.82) is 0 Å². The van der Waals surface area contributed by atoms with Crippen molar-refractivity contribution in [3.63, 3.8) is 0 Å². The van der Waals surface area contributed by atoms with Gasteiger partial charge in [0, 0.05) is 25.0 Å². The summed E-state index contributed by atoms with van der Waals surface area (Å²) in [5.41, 5.74) is 2.92. The molecule has 2 heterocycles. The number of anilines is 1. The topological polar surface area (TPSA) is 46.5 Å². The second-order valence-electron chi connectivity index (χ2n) is 6.49. The number of urea groups is 1. The number of ether oxygens (including phenoxy) is 1. The van der Waals surface area contributed by atoms with Gasteiger partial charge in [-0.2, -0.15) is 0 Å². The molecule has 1 aliphatic rings. The van der Waals surface area contributed by atoms with Gasteiger partial charge in [0.1, 0.15) is 5.75 Å². The Balaban J connectivity index is 1.65. The van der Waals surface area contributed by atoms with Gasteiger partial charge in [-0.05, 0) is 36.8 Å². The van der Waals surface area contributed by atoms with Crippen LogP contribution in [0.25, 0.3) is 0 Å². The summed E-state index contributed by atoms with van der Waals surface area (Å²) >= 11 is 0. The van der Waals surface area contributed by atoms with Crippen LogP contribution in [0, 0.1) is 0 Å². The number of benzene rings is 2. The Morgan fingerprint density at radius 2 is 1.81 bits per heavy atom. The van der Waals surface area contributed by atoms with Gasteiger partial charge in [-0.3, -0.25) is 0 Å². The Bertz CT molecular complexity index is 920. The summed E-state index contributed by atoms with van der Waals surface area (Å²) in [6.07, 6.45) is 2.07. The molecule has 1 N–H and O–H groups in total. The third-order valence-corrected chi connectivity index (χ3v) is 4.84. The molecule has 3 aromatic rings. The molecule has 0 spiro atoms. The van der Waals surface area contributed by atoms with Gasteiger partial charge >= 0.3 is 6.03 Å². The summed E-state index contributed by atoms with van der Waals surface area (Å²) in [7, 11) is 0. The van der Waals surface area contributed by atoms with Gasteiger partial charge in [0.25, 0.3) is 0 Å². The molecule has 2 aromatic carbocycles. The molecular weight excluding hydrogens is 338 g/mol. The molecule has 138 valence electrons. The van der Waals surface area contributed by atoms with Gasteiger partial charge < -0.3 is 19.5 Å². The highest BCUT2D eigenvalue weighted by Crippen LogP contribution is 2.33. The van der Waals surface area contributed by atoms with Crippen LogP contribution in [-0.2, 0) is 6.54 Å². The van der Waals surface area contributed by atoms with Crippen molar-refractivity contribution >= 4 is 11.7 Å². The van der Waals surface area contributed by atoms with Crippen LogP contribution in [0.1, 0.15) is 24.2 Å². The summed E-state index contributed by atoms with van der Waals surface area (Å²) < 4.78 is 7.86. The minimum atomic E-state index is -0.122. The zero-order chi connectivity index (χ0) is 18.6. The first-order valence-electron chi connectivity index (χ1n) is 9.27. The van der Waals surface area contributed by atoms with E-state index in [-0.39, 0.29) is 12.1 Å². The zero-order valence-electron chi connectivity index (χ0n) is 15.3. The van der Waals surface area contributed by atoms with E-state index in [1.165, 1.54) is 0 Å². The smallest absolute Gasteiger partial charge is 0.322 e. The van der Waals surface area contributed by atoms with Crippen LogP contribution in [0.2, 0.25) is 0 Å². The minimum Gasteiger partial charge on any atom is -0.492 e. The fourth-order valence-electron chi connectivity index (χ4n) is 3.63. The number of amides is 2. The molecule has 4 rings (SSSR count). The second-order valence-corrected chi connectivity index (χ2v) is 6.49. The molecule has 1 atom stereocenters. The molecule has 27 heavy (non-hydrogen) atoms. The molecule has 1 aliphatic heterocycles. The van der Waals surface area contributed by atoms with Gasteiger partial charge in [-0.1, -0.05) is 42.5 Å². The number of para-hydroxylation sites is 2. The third-order valence-electron chi connectivity index (χ3n) is 4.84. The molecule has 0 aliphatic carbocycles. The van der Waals surface area contributed by atoms with Crippen LogP contribution >= 0.6 is 0 Å². The Labute approximate surface area is 159 Å². The number of carbonyl (C=O) groups is 1. The first-order chi connectivity index (χ1) is 13.3. The van der Waals surface area contributed by atoms with E-state index >= 15 is 0 Å². The fourth-order valence-corrected chi connectivity index (χ4v) is 3.63. The van der Waals surface area contributed by atoms with Crippen LogP contribution in [-0.4, -0.2) is 28.6 Å². The normalized spacial score (nSPS) is 15.9. The monoisotopic (exact) mass is 361 g/mol. The lowest BCUT2D eigenvalue weighted by Gasteiger charge is -2.37.